The lowest BCUT2D eigenvalue weighted by atomic mass is 10.1. The standard InChI is InChI=1S/C24H25N5O3/c30-21-15-18(16-27(21)19-9-5-2-6-10-19)23(31)25-13-14-28-24(32)29(20-11-12-20)22(26-28)17-7-3-1-4-8-17/h1-10,18,20H,11-16H2,(H,25,31). The first-order valence-electron chi connectivity index (χ1n) is 11.0. The average molecular weight is 431 g/mol. The third-order valence-corrected chi connectivity index (χ3v) is 6.00. The van der Waals surface area contributed by atoms with Crippen molar-refractivity contribution in [1.29, 1.82) is 0 Å². The number of rotatable bonds is 7. The van der Waals surface area contributed by atoms with Crippen LogP contribution in [0.25, 0.3) is 11.4 Å². The highest BCUT2D eigenvalue weighted by Crippen LogP contribution is 2.36. The molecule has 1 unspecified atom stereocenters. The lowest BCUT2D eigenvalue weighted by Crippen LogP contribution is -2.36. The molecule has 2 amide bonds. The van der Waals surface area contributed by atoms with Gasteiger partial charge in [0, 0.05) is 36.8 Å². The normalized spacial score (nSPS) is 18.2. The number of para-hydroxylation sites is 1. The molecule has 1 saturated carbocycles. The van der Waals surface area contributed by atoms with Gasteiger partial charge in [-0.25, -0.2) is 9.48 Å². The number of carbonyl (C=O) groups excluding carboxylic acids is 2. The summed E-state index contributed by atoms with van der Waals surface area (Å²) >= 11 is 0. The van der Waals surface area contributed by atoms with Gasteiger partial charge in [0.05, 0.1) is 12.5 Å². The Hall–Kier alpha value is -3.68. The second-order valence-electron chi connectivity index (χ2n) is 8.33. The number of amides is 2. The van der Waals surface area contributed by atoms with Crippen molar-refractivity contribution >= 4 is 17.5 Å². The van der Waals surface area contributed by atoms with Gasteiger partial charge in [-0.05, 0) is 25.0 Å². The Morgan fingerprint density at radius 2 is 1.69 bits per heavy atom. The van der Waals surface area contributed by atoms with Gasteiger partial charge in [0.15, 0.2) is 5.82 Å². The monoisotopic (exact) mass is 431 g/mol. The van der Waals surface area contributed by atoms with Crippen molar-refractivity contribution in [1.82, 2.24) is 19.7 Å². The van der Waals surface area contributed by atoms with Gasteiger partial charge in [-0.1, -0.05) is 48.5 Å². The molecule has 0 bridgehead atoms. The van der Waals surface area contributed by atoms with E-state index in [1.165, 1.54) is 4.68 Å². The van der Waals surface area contributed by atoms with Crippen LogP contribution in [-0.2, 0) is 16.1 Å². The minimum absolute atomic E-state index is 0.0525. The zero-order chi connectivity index (χ0) is 22.1. The van der Waals surface area contributed by atoms with Gasteiger partial charge in [0.2, 0.25) is 11.8 Å². The summed E-state index contributed by atoms with van der Waals surface area (Å²) in [7, 11) is 0. The van der Waals surface area contributed by atoms with Crippen molar-refractivity contribution in [2.45, 2.75) is 31.8 Å². The smallest absolute Gasteiger partial charge is 0.346 e. The van der Waals surface area contributed by atoms with E-state index in [-0.39, 0.29) is 43.1 Å². The van der Waals surface area contributed by atoms with E-state index in [1.807, 2.05) is 60.7 Å². The first-order chi connectivity index (χ1) is 15.6. The number of benzene rings is 2. The third kappa shape index (κ3) is 3.95. The van der Waals surface area contributed by atoms with Crippen LogP contribution in [-0.4, -0.2) is 39.3 Å². The van der Waals surface area contributed by atoms with Crippen molar-refractivity contribution in [2.75, 3.05) is 18.0 Å². The molecule has 1 aromatic heterocycles. The number of nitrogens with one attached hydrogen (secondary N) is 1. The van der Waals surface area contributed by atoms with Crippen molar-refractivity contribution in [3.05, 3.63) is 71.1 Å². The molecule has 164 valence electrons. The molecule has 1 aliphatic heterocycles. The number of hydrogen-bond acceptors (Lipinski definition) is 4. The number of carbonyl (C=O) groups is 2. The highest BCUT2D eigenvalue weighted by molar-refractivity contribution is 6.00. The predicted octanol–water partition coefficient (Wildman–Crippen LogP) is 2.22. The Kier molecular flexibility index (Phi) is 5.34. The van der Waals surface area contributed by atoms with Crippen molar-refractivity contribution in [3.63, 3.8) is 0 Å². The summed E-state index contributed by atoms with van der Waals surface area (Å²) in [4.78, 5) is 39.6. The summed E-state index contributed by atoms with van der Waals surface area (Å²) in [5.41, 5.74) is 1.56. The molecule has 1 N–H and O–H groups in total. The quantitative estimate of drug-likeness (QED) is 0.621. The van der Waals surface area contributed by atoms with Gasteiger partial charge in [0.1, 0.15) is 0 Å². The molecular formula is C24H25N5O3. The first-order valence-corrected chi connectivity index (χ1v) is 11.0. The summed E-state index contributed by atoms with van der Waals surface area (Å²) in [6, 6.07) is 19.3. The summed E-state index contributed by atoms with van der Waals surface area (Å²) in [5.74, 6) is 0.0469. The molecule has 32 heavy (non-hydrogen) atoms. The molecule has 0 radical (unpaired) electrons. The van der Waals surface area contributed by atoms with Crippen LogP contribution < -0.4 is 15.9 Å². The molecule has 2 fully saturated rings. The highest BCUT2D eigenvalue weighted by atomic mass is 16.2. The molecule has 8 heteroatoms. The molecule has 1 aliphatic carbocycles. The lowest BCUT2D eigenvalue weighted by molar-refractivity contribution is -0.126. The molecule has 1 saturated heterocycles. The molecule has 8 nitrogen and oxygen atoms in total. The SMILES string of the molecule is O=C(NCCn1nc(-c2ccccc2)n(C2CC2)c1=O)C1CC(=O)N(c2ccccc2)C1. The molecule has 5 rings (SSSR count). The van der Waals surface area contributed by atoms with Gasteiger partial charge in [-0.2, -0.15) is 0 Å². The van der Waals surface area contributed by atoms with Gasteiger partial charge < -0.3 is 10.2 Å². The van der Waals surface area contributed by atoms with E-state index in [9.17, 15) is 14.4 Å². The molecule has 2 aromatic carbocycles. The van der Waals surface area contributed by atoms with Crippen LogP contribution in [0.3, 0.4) is 0 Å². The van der Waals surface area contributed by atoms with Crippen LogP contribution in [0.5, 0.6) is 0 Å². The van der Waals surface area contributed by atoms with E-state index in [4.69, 9.17) is 0 Å². The molecule has 1 atom stereocenters. The summed E-state index contributed by atoms with van der Waals surface area (Å²) in [5, 5.41) is 7.43. The van der Waals surface area contributed by atoms with E-state index in [0.717, 1.165) is 24.1 Å². The molecule has 2 aliphatic rings. The van der Waals surface area contributed by atoms with E-state index >= 15 is 0 Å². The van der Waals surface area contributed by atoms with E-state index in [2.05, 4.69) is 10.4 Å². The minimum atomic E-state index is -0.400. The van der Waals surface area contributed by atoms with Gasteiger partial charge in [-0.15, -0.1) is 5.10 Å². The zero-order valence-corrected chi connectivity index (χ0v) is 17.7. The van der Waals surface area contributed by atoms with Crippen LogP contribution in [0.4, 0.5) is 5.69 Å². The Bertz CT molecular complexity index is 1180. The number of anilines is 1. The number of hydrogen-bond donors (Lipinski definition) is 1. The van der Waals surface area contributed by atoms with Crippen molar-refractivity contribution < 1.29 is 9.59 Å². The van der Waals surface area contributed by atoms with Crippen LogP contribution >= 0.6 is 0 Å². The summed E-state index contributed by atoms with van der Waals surface area (Å²) in [6.45, 7) is 0.932. The maximum Gasteiger partial charge on any atom is 0.346 e. The fourth-order valence-corrected chi connectivity index (χ4v) is 4.18. The Morgan fingerprint density at radius 1 is 1.00 bits per heavy atom. The fraction of sp³-hybridized carbons (Fsp3) is 0.333. The van der Waals surface area contributed by atoms with Crippen LogP contribution in [0.2, 0.25) is 0 Å². The lowest BCUT2D eigenvalue weighted by Gasteiger charge is -2.16. The van der Waals surface area contributed by atoms with Gasteiger partial charge >= 0.3 is 5.69 Å². The fourth-order valence-electron chi connectivity index (χ4n) is 4.18. The topological polar surface area (TPSA) is 89.2 Å². The predicted molar refractivity (Wildman–Crippen MR) is 120 cm³/mol. The first kappa shape index (κ1) is 20.2. The summed E-state index contributed by atoms with van der Waals surface area (Å²) < 4.78 is 3.20. The van der Waals surface area contributed by atoms with Crippen LogP contribution in [0.1, 0.15) is 25.3 Å². The Labute approximate surface area is 185 Å². The third-order valence-electron chi connectivity index (χ3n) is 6.00. The highest BCUT2D eigenvalue weighted by Gasteiger charge is 2.35. The second kappa shape index (κ2) is 8.45. The maximum absolute atomic E-state index is 12.9. The zero-order valence-electron chi connectivity index (χ0n) is 17.7. The average Bonchev–Trinajstić information content (AvgIpc) is 3.50. The second-order valence-corrected chi connectivity index (χ2v) is 8.33. The van der Waals surface area contributed by atoms with Gasteiger partial charge in [-0.3, -0.25) is 14.2 Å². The Morgan fingerprint density at radius 3 is 2.38 bits per heavy atom. The van der Waals surface area contributed by atoms with Crippen LogP contribution in [0, 0.1) is 5.92 Å². The van der Waals surface area contributed by atoms with E-state index < -0.39 is 5.92 Å². The largest absolute Gasteiger partial charge is 0.354 e. The van der Waals surface area contributed by atoms with Crippen molar-refractivity contribution in [3.8, 4) is 11.4 Å². The van der Waals surface area contributed by atoms with Crippen LogP contribution in [0.15, 0.2) is 65.5 Å². The van der Waals surface area contributed by atoms with Crippen molar-refractivity contribution in [2.24, 2.45) is 5.92 Å². The molecular weight excluding hydrogens is 406 g/mol. The van der Waals surface area contributed by atoms with E-state index in [0.29, 0.717) is 12.4 Å². The van der Waals surface area contributed by atoms with E-state index in [1.54, 1.807) is 9.47 Å². The molecule has 2 heterocycles. The minimum Gasteiger partial charge on any atom is -0.354 e. The number of aromatic nitrogens is 3. The molecule has 3 aromatic rings. The van der Waals surface area contributed by atoms with Gasteiger partial charge in [0.25, 0.3) is 0 Å². The Balaban J connectivity index is 1.23. The molecule has 0 spiro atoms. The maximum atomic E-state index is 12.9. The summed E-state index contributed by atoms with van der Waals surface area (Å²) in [6.07, 6.45) is 2.15. The number of nitrogens with zero attached hydrogens (tertiary/aromatic N) is 4.